The van der Waals surface area contributed by atoms with Gasteiger partial charge in [-0.05, 0) is 30.6 Å². The molecule has 0 spiro atoms. The van der Waals surface area contributed by atoms with Gasteiger partial charge in [-0.25, -0.2) is 0 Å². The standard InChI is InChI=1S/C10H10O3/c1-2-3-4-5-6-7-9(12)10(13)8-11/h9-13H,8H2,1H3/t9-,10+/m0/s1. The van der Waals surface area contributed by atoms with Crippen molar-refractivity contribution in [1.29, 1.82) is 0 Å². The van der Waals surface area contributed by atoms with Crippen LogP contribution in [0.4, 0.5) is 0 Å². The monoisotopic (exact) mass is 178 g/mol. The molecule has 0 aliphatic rings. The molecule has 0 radical (unpaired) electrons. The summed E-state index contributed by atoms with van der Waals surface area (Å²) in [6.45, 7) is 1.12. The third-order valence-corrected chi connectivity index (χ3v) is 1.08. The van der Waals surface area contributed by atoms with Crippen LogP contribution in [0.15, 0.2) is 0 Å². The van der Waals surface area contributed by atoms with Crippen molar-refractivity contribution in [3.63, 3.8) is 0 Å². The number of hydrogen-bond donors (Lipinski definition) is 3. The van der Waals surface area contributed by atoms with E-state index in [-0.39, 0.29) is 0 Å². The summed E-state index contributed by atoms with van der Waals surface area (Å²) in [5.41, 5.74) is 0. The van der Waals surface area contributed by atoms with Gasteiger partial charge in [-0.3, -0.25) is 0 Å². The van der Waals surface area contributed by atoms with E-state index < -0.39 is 18.8 Å². The highest BCUT2D eigenvalue weighted by atomic mass is 16.4. The quantitative estimate of drug-likeness (QED) is 0.462. The normalized spacial score (nSPS) is 12.0. The van der Waals surface area contributed by atoms with Crippen LogP contribution in [-0.2, 0) is 0 Å². The highest BCUT2D eigenvalue weighted by Gasteiger charge is 2.10. The lowest BCUT2D eigenvalue weighted by Gasteiger charge is -2.07. The molecule has 0 aliphatic heterocycles. The maximum Gasteiger partial charge on any atom is 0.143 e. The van der Waals surface area contributed by atoms with Crippen molar-refractivity contribution in [2.75, 3.05) is 6.61 Å². The van der Waals surface area contributed by atoms with Crippen molar-refractivity contribution in [2.24, 2.45) is 0 Å². The lowest BCUT2D eigenvalue weighted by molar-refractivity contribution is 0.0139. The maximum atomic E-state index is 8.99. The Bertz CT molecular complexity index is 313. The fourth-order valence-corrected chi connectivity index (χ4v) is 0.431. The van der Waals surface area contributed by atoms with Gasteiger partial charge in [0.25, 0.3) is 0 Å². The van der Waals surface area contributed by atoms with E-state index in [2.05, 4.69) is 35.5 Å². The SMILES string of the molecule is CC#CC#CC#C[C@H](O)[C@H](O)CO. The Morgan fingerprint density at radius 1 is 1.08 bits per heavy atom. The minimum atomic E-state index is -1.27. The molecule has 0 aromatic heterocycles. The fraction of sp³-hybridized carbons (Fsp3) is 0.400. The summed E-state index contributed by atoms with van der Waals surface area (Å²) in [6, 6.07) is 0. The first-order valence-electron chi connectivity index (χ1n) is 3.61. The highest BCUT2D eigenvalue weighted by molar-refractivity contribution is 5.35. The summed E-state index contributed by atoms with van der Waals surface area (Å²) in [5, 5.41) is 26.2. The molecule has 0 aliphatic carbocycles. The third-order valence-electron chi connectivity index (χ3n) is 1.08. The van der Waals surface area contributed by atoms with Gasteiger partial charge in [0.2, 0.25) is 0 Å². The van der Waals surface area contributed by atoms with Gasteiger partial charge in [-0.2, -0.15) is 0 Å². The van der Waals surface area contributed by atoms with Crippen LogP contribution >= 0.6 is 0 Å². The Morgan fingerprint density at radius 2 is 1.69 bits per heavy atom. The maximum absolute atomic E-state index is 8.99. The molecule has 0 unspecified atom stereocenters. The van der Waals surface area contributed by atoms with Gasteiger partial charge in [0, 0.05) is 0 Å². The van der Waals surface area contributed by atoms with Crippen LogP contribution in [-0.4, -0.2) is 34.1 Å². The molecule has 3 heteroatoms. The predicted octanol–water partition coefficient (Wildman–Crippen LogP) is -1.27. The molecule has 0 saturated carbocycles. The molecule has 13 heavy (non-hydrogen) atoms. The van der Waals surface area contributed by atoms with Crippen LogP contribution in [0.2, 0.25) is 0 Å². The molecule has 0 aromatic rings. The van der Waals surface area contributed by atoms with Gasteiger partial charge in [-0.1, -0.05) is 11.8 Å². The van der Waals surface area contributed by atoms with Gasteiger partial charge < -0.3 is 15.3 Å². The smallest absolute Gasteiger partial charge is 0.143 e. The topological polar surface area (TPSA) is 60.7 Å². The van der Waals surface area contributed by atoms with Gasteiger partial charge >= 0.3 is 0 Å². The van der Waals surface area contributed by atoms with Gasteiger partial charge in [0.15, 0.2) is 0 Å². The van der Waals surface area contributed by atoms with E-state index >= 15 is 0 Å². The second kappa shape index (κ2) is 7.22. The minimum Gasteiger partial charge on any atom is -0.394 e. The van der Waals surface area contributed by atoms with E-state index in [1.165, 1.54) is 0 Å². The first-order valence-corrected chi connectivity index (χ1v) is 3.61. The van der Waals surface area contributed by atoms with E-state index in [0.29, 0.717) is 0 Å². The Labute approximate surface area is 77.4 Å². The fourth-order valence-electron chi connectivity index (χ4n) is 0.431. The van der Waals surface area contributed by atoms with Crippen molar-refractivity contribution in [1.82, 2.24) is 0 Å². The molecule has 0 amide bonds. The highest BCUT2D eigenvalue weighted by Crippen LogP contribution is 1.88. The van der Waals surface area contributed by atoms with E-state index in [9.17, 15) is 0 Å². The summed E-state index contributed by atoms with van der Waals surface area (Å²) >= 11 is 0. The lowest BCUT2D eigenvalue weighted by Crippen LogP contribution is -2.27. The third kappa shape index (κ3) is 5.79. The Balaban J connectivity index is 4.10. The molecular formula is C10H10O3. The zero-order valence-electron chi connectivity index (χ0n) is 7.20. The lowest BCUT2D eigenvalue weighted by atomic mass is 10.2. The number of aliphatic hydroxyl groups is 3. The van der Waals surface area contributed by atoms with Crippen molar-refractivity contribution in [3.05, 3.63) is 0 Å². The number of hydrogen-bond acceptors (Lipinski definition) is 3. The van der Waals surface area contributed by atoms with E-state index in [4.69, 9.17) is 15.3 Å². The second-order valence-electron chi connectivity index (χ2n) is 2.09. The molecule has 68 valence electrons. The summed E-state index contributed by atoms with van der Waals surface area (Å²) in [7, 11) is 0. The summed E-state index contributed by atoms with van der Waals surface area (Å²) in [6.07, 6.45) is -2.51. The van der Waals surface area contributed by atoms with Crippen molar-refractivity contribution < 1.29 is 15.3 Å². The average Bonchev–Trinajstić information content (AvgIpc) is 2.16. The minimum absolute atomic E-state index is 0.530. The van der Waals surface area contributed by atoms with Gasteiger partial charge in [0.05, 0.1) is 6.61 Å². The molecular weight excluding hydrogens is 168 g/mol. The summed E-state index contributed by atoms with van der Waals surface area (Å²) < 4.78 is 0. The van der Waals surface area contributed by atoms with Crippen LogP contribution in [0.1, 0.15) is 6.92 Å². The van der Waals surface area contributed by atoms with Crippen LogP contribution in [0.3, 0.4) is 0 Å². The summed E-state index contributed by atoms with van der Waals surface area (Å²) in [5.74, 6) is 14.3. The molecule has 0 saturated heterocycles. The molecule has 0 aromatic carbocycles. The molecule has 3 N–H and O–H groups in total. The molecule has 3 nitrogen and oxygen atoms in total. The molecule has 0 heterocycles. The molecule has 0 bridgehead atoms. The van der Waals surface area contributed by atoms with Crippen molar-refractivity contribution >= 4 is 0 Å². The Morgan fingerprint density at radius 3 is 2.23 bits per heavy atom. The van der Waals surface area contributed by atoms with Gasteiger partial charge in [-0.15, -0.1) is 0 Å². The predicted molar refractivity (Wildman–Crippen MR) is 48.1 cm³/mol. The Hall–Kier alpha value is -1.44. The molecule has 0 fully saturated rings. The van der Waals surface area contributed by atoms with Crippen LogP contribution in [0.25, 0.3) is 0 Å². The van der Waals surface area contributed by atoms with Crippen molar-refractivity contribution in [3.8, 4) is 35.5 Å². The number of aliphatic hydroxyl groups excluding tert-OH is 3. The van der Waals surface area contributed by atoms with Gasteiger partial charge in [0.1, 0.15) is 12.2 Å². The van der Waals surface area contributed by atoms with E-state index in [0.717, 1.165) is 0 Å². The first kappa shape index (κ1) is 11.6. The van der Waals surface area contributed by atoms with E-state index in [1.807, 2.05) is 0 Å². The Kier molecular flexibility index (Phi) is 6.42. The largest absolute Gasteiger partial charge is 0.394 e. The molecule has 0 rings (SSSR count). The van der Waals surface area contributed by atoms with Crippen LogP contribution < -0.4 is 0 Å². The average molecular weight is 178 g/mol. The summed E-state index contributed by atoms with van der Waals surface area (Å²) in [4.78, 5) is 0. The van der Waals surface area contributed by atoms with Crippen LogP contribution in [0.5, 0.6) is 0 Å². The van der Waals surface area contributed by atoms with Crippen LogP contribution in [0, 0.1) is 35.5 Å². The zero-order chi connectivity index (χ0) is 10.1. The van der Waals surface area contributed by atoms with Crippen molar-refractivity contribution in [2.45, 2.75) is 19.1 Å². The first-order chi connectivity index (χ1) is 6.22. The number of rotatable bonds is 2. The van der Waals surface area contributed by atoms with E-state index in [1.54, 1.807) is 6.92 Å². The molecule has 2 atom stereocenters. The second-order valence-corrected chi connectivity index (χ2v) is 2.09. The zero-order valence-corrected chi connectivity index (χ0v) is 7.20.